The molecule has 1 aromatic rings. The standard InChI is InChI=1S/C19H32N4O/c1-15(2)23-19-14-22(16-6-10-24-11-7-16)12-17(19)18(20-23)13-21-8-4-3-5-9-21/h15-16H,3-14H2,1-2H3. The van der Waals surface area contributed by atoms with Crippen LogP contribution >= 0.6 is 0 Å². The van der Waals surface area contributed by atoms with E-state index in [0.717, 1.165) is 32.8 Å². The van der Waals surface area contributed by atoms with Crippen molar-refractivity contribution in [2.45, 2.75) is 77.7 Å². The van der Waals surface area contributed by atoms with E-state index in [0.29, 0.717) is 12.1 Å². The first kappa shape index (κ1) is 16.6. The van der Waals surface area contributed by atoms with Gasteiger partial charge in [-0.05, 0) is 52.6 Å². The van der Waals surface area contributed by atoms with Gasteiger partial charge in [0.1, 0.15) is 0 Å². The molecule has 4 heterocycles. The average Bonchev–Trinajstić information content (AvgIpc) is 3.17. The molecule has 24 heavy (non-hydrogen) atoms. The molecule has 0 unspecified atom stereocenters. The zero-order valence-corrected chi connectivity index (χ0v) is 15.3. The summed E-state index contributed by atoms with van der Waals surface area (Å²) in [6.45, 7) is 12.1. The second kappa shape index (κ2) is 7.14. The van der Waals surface area contributed by atoms with Crippen molar-refractivity contribution in [3.63, 3.8) is 0 Å². The molecule has 4 rings (SSSR count). The molecule has 5 heteroatoms. The van der Waals surface area contributed by atoms with Crippen molar-refractivity contribution in [2.75, 3.05) is 26.3 Å². The summed E-state index contributed by atoms with van der Waals surface area (Å²) in [5, 5.41) is 5.03. The highest BCUT2D eigenvalue weighted by molar-refractivity contribution is 5.31. The van der Waals surface area contributed by atoms with E-state index in [1.807, 2.05) is 0 Å². The van der Waals surface area contributed by atoms with E-state index in [4.69, 9.17) is 9.84 Å². The lowest BCUT2D eigenvalue weighted by Crippen LogP contribution is -2.36. The molecule has 2 saturated heterocycles. The van der Waals surface area contributed by atoms with E-state index < -0.39 is 0 Å². The molecule has 0 atom stereocenters. The van der Waals surface area contributed by atoms with Crippen LogP contribution in [-0.2, 0) is 24.4 Å². The van der Waals surface area contributed by atoms with Gasteiger partial charge in [-0.3, -0.25) is 14.5 Å². The summed E-state index contributed by atoms with van der Waals surface area (Å²) in [6.07, 6.45) is 6.46. The Kier molecular flexibility index (Phi) is 4.93. The number of fused-ring (bicyclic) bond motifs is 1. The number of piperidine rings is 1. The lowest BCUT2D eigenvalue weighted by Gasteiger charge is -2.31. The van der Waals surface area contributed by atoms with Crippen LogP contribution in [0.5, 0.6) is 0 Å². The molecule has 5 nitrogen and oxygen atoms in total. The van der Waals surface area contributed by atoms with Crippen LogP contribution in [0.3, 0.4) is 0 Å². The Morgan fingerprint density at radius 1 is 1.08 bits per heavy atom. The summed E-state index contributed by atoms with van der Waals surface area (Å²) < 4.78 is 7.85. The zero-order chi connectivity index (χ0) is 16.5. The molecule has 0 aromatic carbocycles. The molecule has 2 fully saturated rings. The van der Waals surface area contributed by atoms with Gasteiger partial charge in [-0.25, -0.2) is 0 Å². The van der Waals surface area contributed by atoms with E-state index in [1.54, 1.807) is 0 Å². The first-order valence-corrected chi connectivity index (χ1v) is 9.85. The first-order valence-electron chi connectivity index (χ1n) is 9.85. The molecular weight excluding hydrogens is 300 g/mol. The lowest BCUT2D eigenvalue weighted by atomic mass is 10.1. The molecule has 0 amide bonds. The van der Waals surface area contributed by atoms with Gasteiger partial charge in [0.25, 0.3) is 0 Å². The van der Waals surface area contributed by atoms with Crippen molar-refractivity contribution in [1.82, 2.24) is 19.6 Å². The maximum absolute atomic E-state index is 5.55. The Balaban J connectivity index is 1.53. The number of rotatable bonds is 4. The number of likely N-dealkylation sites (tertiary alicyclic amines) is 1. The van der Waals surface area contributed by atoms with E-state index in [-0.39, 0.29) is 0 Å². The molecule has 0 N–H and O–H groups in total. The average molecular weight is 332 g/mol. The van der Waals surface area contributed by atoms with E-state index >= 15 is 0 Å². The highest BCUT2D eigenvalue weighted by Gasteiger charge is 2.33. The van der Waals surface area contributed by atoms with E-state index in [9.17, 15) is 0 Å². The van der Waals surface area contributed by atoms with E-state index in [2.05, 4.69) is 28.3 Å². The largest absolute Gasteiger partial charge is 0.381 e. The fraction of sp³-hybridized carbons (Fsp3) is 0.842. The smallest absolute Gasteiger partial charge is 0.0813 e. The van der Waals surface area contributed by atoms with Gasteiger partial charge < -0.3 is 4.74 Å². The van der Waals surface area contributed by atoms with Crippen LogP contribution < -0.4 is 0 Å². The second-order valence-electron chi connectivity index (χ2n) is 8.00. The summed E-state index contributed by atoms with van der Waals surface area (Å²) in [5.41, 5.74) is 4.35. The Morgan fingerprint density at radius 3 is 2.54 bits per heavy atom. The van der Waals surface area contributed by atoms with Crippen molar-refractivity contribution < 1.29 is 4.74 Å². The third-order valence-electron chi connectivity index (χ3n) is 5.93. The quantitative estimate of drug-likeness (QED) is 0.849. The third kappa shape index (κ3) is 3.26. The molecular formula is C19H32N4O. The monoisotopic (exact) mass is 332 g/mol. The van der Waals surface area contributed by atoms with Gasteiger partial charge in [-0.2, -0.15) is 5.10 Å². The minimum Gasteiger partial charge on any atom is -0.381 e. The van der Waals surface area contributed by atoms with Gasteiger partial charge in [0.05, 0.1) is 11.4 Å². The summed E-state index contributed by atoms with van der Waals surface area (Å²) in [7, 11) is 0. The van der Waals surface area contributed by atoms with Gasteiger partial charge in [-0.15, -0.1) is 0 Å². The van der Waals surface area contributed by atoms with Crippen LogP contribution in [0, 0.1) is 0 Å². The van der Waals surface area contributed by atoms with Gasteiger partial charge in [0, 0.05) is 50.5 Å². The predicted octanol–water partition coefficient (Wildman–Crippen LogP) is 2.94. The van der Waals surface area contributed by atoms with Crippen LogP contribution in [-0.4, -0.2) is 51.9 Å². The van der Waals surface area contributed by atoms with Crippen LogP contribution in [0.25, 0.3) is 0 Å². The fourth-order valence-corrected chi connectivity index (χ4v) is 4.55. The van der Waals surface area contributed by atoms with Crippen molar-refractivity contribution in [1.29, 1.82) is 0 Å². The van der Waals surface area contributed by atoms with Gasteiger partial charge >= 0.3 is 0 Å². The van der Waals surface area contributed by atoms with Crippen molar-refractivity contribution in [3.05, 3.63) is 17.0 Å². The van der Waals surface area contributed by atoms with Crippen molar-refractivity contribution >= 4 is 0 Å². The number of aromatic nitrogens is 2. The molecule has 3 aliphatic rings. The lowest BCUT2D eigenvalue weighted by molar-refractivity contribution is 0.0316. The minimum atomic E-state index is 0.448. The number of nitrogens with zero attached hydrogens (tertiary/aromatic N) is 4. The van der Waals surface area contributed by atoms with Gasteiger partial charge in [-0.1, -0.05) is 6.42 Å². The highest BCUT2D eigenvalue weighted by atomic mass is 16.5. The molecule has 134 valence electrons. The Bertz CT molecular complexity index is 556. The number of hydrogen-bond donors (Lipinski definition) is 0. The predicted molar refractivity (Wildman–Crippen MR) is 94.8 cm³/mol. The SMILES string of the molecule is CC(C)n1nc(CN2CCCCC2)c2c1CN(C1CCOCC1)C2. The van der Waals surface area contributed by atoms with Crippen molar-refractivity contribution in [3.8, 4) is 0 Å². The molecule has 0 spiro atoms. The van der Waals surface area contributed by atoms with Gasteiger partial charge in [0.2, 0.25) is 0 Å². The fourth-order valence-electron chi connectivity index (χ4n) is 4.55. The molecule has 0 bridgehead atoms. The molecule has 0 aliphatic carbocycles. The maximum Gasteiger partial charge on any atom is 0.0813 e. The molecule has 3 aliphatic heterocycles. The van der Waals surface area contributed by atoms with Crippen LogP contribution in [0.2, 0.25) is 0 Å². The topological polar surface area (TPSA) is 33.5 Å². The maximum atomic E-state index is 5.55. The first-order chi connectivity index (χ1) is 11.7. The summed E-state index contributed by atoms with van der Waals surface area (Å²) in [4.78, 5) is 5.28. The number of hydrogen-bond acceptors (Lipinski definition) is 4. The van der Waals surface area contributed by atoms with Crippen LogP contribution in [0.4, 0.5) is 0 Å². The summed E-state index contributed by atoms with van der Waals surface area (Å²) in [5.74, 6) is 0. The van der Waals surface area contributed by atoms with Crippen molar-refractivity contribution in [2.24, 2.45) is 0 Å². The molecule has 0 saturated carbocycles. The summed E-state index contributed by atoms with van der Waals surface area (Å²) in [6, 6.07) is 1.14. The third-order valence-corrected chi connectivity index (χ3v) is 5.93. The van der Waals surface area contributed by atoms with Gasteiger partial charge in [0.15, 0.2) is 0 Å². The van der Waals surface area contributed by atoms with Crippen LogP contribution in [0.15, 0.2) is 0 Å². The van der Waals surface area contributed by atoms with Crippen LogP contribution in [0.1, 0.15) is 68.9 Å². The Hall–Kier alpha value is -0.910. The summed E-state index contributed by atoms with van der Waals surface area (Å²) >= 11 is 0. The highest BCUT2D eigenvalue weighted by Crippen LogP contribution is 2.32. The zero-order valence-electron chi connectivity index (χ0n) is 15.3. The molecule has 0 radical (unpaired) electrons. The normalized spacial score (nSPS) is 24.0. The Morgan fingerprint density at radius 2 is 1.83 bits per heavy atom. The Labute approximate surface area is 145 Å². The molecule has 1 aromatic heterocycles. The number of ether oxygens (including phenoxy) is 1. The minimum absolute atomic E-state index is 0.448. The van der Waals surface area contributed by atoms with E-state index in [1.165, 1.54) is 62.1 Å². The second-order valence-corrected chi connectivity index (χ2v) is 8.00.